The van der Waals surface area contributed by atoms with Gasteiger partial charge in [0.2, 0.25) is 0 Å². The molecule has 1 aliphatic rings. The number of anilines is 2. The molecule has 2 aromatic carbocycles. The predicted octanol–water partition coefficient (Wildman–Crippen LogP) is 3.72. The lowest BCUT2D eigenvalue weighted by Crippen LogP contribution is -2.24. The van der Waals surface area contributed by atoms with E-state index in [9.17, 15) is 4.79 Å². The zero-order valence-electron chi connectivity index (χ0n) is 11.2. The van der Waals surface area contributed by atoms with Crippen LogP contribution in [0.4, 0.5) is 11.4 Å². The Labute approximate surface area is 122 Å². The number of hydrogen-bond acceptors (Lipinski definition) is 4. The monoisotopic (exact) mass is 285 g/mol. The van der Waals surface area contributed by atoms with E-state index in [-0.39, 0.29) is 5.97 Å². The zero-order chi connectivity index (χ0) is 13.9. The van der Waals surface area contributed by atoms with Crippen molar-refractivity contribution in [3.63, 3.8) is 0 Å². The molecular formula is C16H15NO2S. The summed E-state index contributed by atoms with van der Waals surface area (Å²) in [5.74, 6) is 0.746. The highest BCUT2D eigenvalue weighted by Gasteiger charge is 2.20. The van der Waals surface area contributed by atoms with Crippen molar-refractivity contribution < 1.29 is 9.53 Å². The fourth-order valence-electron chi connectivity index (χ4n) is 2.34. The number of para-hydroxylation sites is 1. The predicted molar refractivity (Wildman–Crippen MR) is 82.0 cm³/mol. The third kappa shape index (κ3) is 2.39. The second-order valence-corrected chi connectivity index (χ2v) is 5.65. The van der Waals surface area contributed by atoms with E-state index in [4.69, 9.17) is 4.74 Å². The first-order valence-corrected chi connectivity index (χ1v) is 7.46. The number of esters is 1. The molecule has 0 unspecified atom stereocenters. The Morgan fingerprint density at radius 1 is 1.20 bits per heavy atom. The Kier molecular flexibility index (Phi) is 3.65. The molecule has 102 valence electrons. The van der Waals surface area contributed by atoms with Gasteiger partial charge in [0.05, 0.1) is 18.4 Å². The van der Waals surface area contributed by atoms with Gasteiger partial charge in [-0.1, -0.05) is 18.2 Å². The molecule has 0 spiro atoms. The minimum atomic E-state index is -0.295. The third-order valence-corrected chi connectivity index (χ3v) is 4.35. The lowest BCUT2D eigenvalue weighted by atomic mass is 10.1. The summed E-state index contributed by atoms with van der Waals surface area (Å²) in [6.45, 7) is 0.937. The number of hydrogen-bond donors (Lipinski definition) is 0. The first-order chi connectivity index (χ1) is 9.79. The molecule has 1 heterocycles. The molecule has 0 saturated carbocycles. The molecule has 20 heavy (non-hydrogen) atoms. The fourth-order valence-corrected chi connectivity index (χ4v) is 3.31. The number of methoxy groups -OCH3 is 1. The number of carbonyl (C=O) groups excluding carboxylic acids is 1. The Hall–Kier alpha value is -1.94. The maximum atomic E-state index is 11.7. The number of nitrogens with zero attached hydrogens (tertiary/aromatic N) is 1. The molecule has 0 atom stereocenters. The van der Waals surface area contributed by atoms with Gasteiger partial charge in [0.15, 0.2) is 0 Å². The normalized spacial score (nSPS) is 13.8. The van der Waals surface area contributed by atoms with Gasteiger partial charge in [0.25, 0.3) is 0 Å². The first-order valence-electron chi connectivity index (χ1n) is 6.47. The minimum Gasteiger partial charge on any atom is -0.465 e. The van der Waals surface area contributed by atoms with Gasteiger partial charge < -0.3 is 9.64 Å². The largest absolute Gasteiger partial charge is 0.465 e. The summed E-state index contributed by atoms with van der Waals surface area (Å²) in [6, 6.07) is 16.0. The molecule has 0 saturated heterocycles. The lowest BCUT2D eigenvalue weighted by Gasteiger charge is -2.31. The standard InChI is InChI=1S/C16H15NO2S/c1-19-16(18)12-7-8-15-14(11-12)17(9-10-20-15)13-5-3-2-4-6-13/h2-8,11H,9-10H2,1H3. The van der Waals surface area contributed by atoms with Crippen LogP contribution < -0.4 is 4.90 Å². The quantitative estimate of drug-likeness (QED) is 0.787. The summed E-state index contributed by atoms with van der Waals surface area (Å²) in [4.78, 5) is 15.1. The van der Waals surface area contributed by atoms with Crippen LogP contribution in [-0.4, -0.2) is 25.4 Å². The maximum absolute atomic E-state index is 11.7. The molecule has 0 bridgehead atoms. The van der Waals surface area contributed by atoms with Gasteiger partial charge in [-0.25, -0.2) is 4.79 Å². The highest BCUT2D eigenvalue weighted by Crippen LogP contribution is 2.39. The maximum Gasteiger partial charge on any atom is 0.337 e. The van der Waals surface area contributed by atoms with Crippen LogP contribution >= 0.6 is 11.8 Å². The van der Waals surface area contributed by atoms with E-state index >= 15 is 0 Å². The topological polar surface area (TPSA) is 29.5 Å². The highest BCUT2D eigenvalue weighted by atomic mass is 32.2. The summed E-state index contributed by atoms with van der Waals surface area (Å²) in [7, 11) is 1.41. The number of ether oxygens (including phenoxy) is 1. The molecule has 0 N–H and O–H groups in total. The van der Waals surface area contributed by atoms with Crippen LogP contribution in [0, 0.1) is 0 Å². The molecule has 3 rings (SSSR count). The second kappa shape index (κ2) is 5.59. The van der Waals surface area contributed by atoms with Gasteiger partial charge in [0.1, 0.15) is 0 Å². The van der Waals surface area contributed by atoms with E-state index in [2.05, 4.69) is 17.0 Å². The summed E-state index contributed by atoms with van der Waals surface area (Å²) in [5.41, 5.74) is 2.82. The molecular weight excluding hydrogens is 270 g/mol. The van der Waals surface area contributed by atoms with Crippen molar-refractivity contribution in [2.45, 2.75) is 4.90 Å². The van der Waals surface area contributed by atoms with Gasteiger partial charge in [-0.15, -0.1) is 11.8 Å². The number of fused-ring (bicyclic) bond motifs is 1. The van der Waals surface area contributed by atoms with Crippen LogP contribution in [0.15, 0.2) is 53.4 Å². The van der Waals surface area contributed by atoms with E-state index in [0.29, 0.717) is 5.56 Å². The van der Waals surface area contributed by atoms with E-state index in [1.807, 2.05) is 48.2 Å². The summed E-state index contributed by atoms with van der Waals surface area (Å²) < 4.78 is 4.80. The summed E-state index contributed by atoms with van der Waals surface area (Å²) in [5, 5.41) is 0. The summed E-state index contributed by atoms with van der Waals surface area (Å²) >= 11 is 1.82. The van der Waals surface area contributed by atoms with Crippen molar-refractivity contribution >= 4 is 29.1 Å². The van der Waals surface area contributed by atoms with Gasteiger partial charge >= 0.3 is 5.97 Å². The van der Waals surface area contributed by atoms with Crippen molar-refractivity contribution in [1.82, 2.24) is 0 Å². The van der Waals surface area contributed by atoms with Gasteiger partial charge in [-0.2, -0.15) is 0 Å². The minimum absolute atomic E-state index is 0.295. The third-order valence-electron chi connectivity index (χ3n) is 3.31. The van der Waals surface area contributed by atoms with E-state index in [1.54, 1.807) is 0 Å². The van der Waals surface area contributed by atoms with E-state index in [1.165, 1.54) is 12.0 Å². The van der Waals surface area contributed by atoms with Crippen LogP contribution in [0.2, 0.25) is 0 Å². The van der Waals surface area contributed by atoms with Crippen LogP contribution in [0.25, 0.3) is 0 Å². The van der Waals surface area contributed by atoms with Crippen LogP contribution in [0.3, 0.4) is 0 Å². The molecule has 0 radical (unpaired) electrons. The Morgan fingerprint density at radius 3 is 2.75 bits per heavy atom. The van der Waals surface area contributed by atoms with Gasteiger partial charge in [0, 0.05) is 22.9 Å². The second-order valence-electron chi connectivity index (χ2n) is 4.51. The number of rotatable bonds is 2. The molecule has 3 nitrogen and oxygen atoms in total. The lowest BCUT2D eigenvalue weighted by molar-refractivity contribution is 0.0600. The van der Waals surface area contributed by atoms with Crippen LogP contribution in [0.5, 0.6) is 0 Å². The Bertz CT molecular complexity index is 628. The van der Waals surface area contributed by atoms with Gasteiger partial charge in [-0.05, 0) is 30.3 Å². The van der Waals surface area contributed by atoms with E-state index in [0.717, 1.165) is 23.7 Å². The first kappa shape index (κ1) is 13.1. The molecule has 2 aromatic rings. The van der Waals surface area contributed by atoms with Crippen LogP contribution in [-0.2, 0) is 4.74 Å². The average molecular weight is 285 g/mol. The molecule has 4 heteroatoms. The number of carbonyl (C=O) groups is 1. The molecule has 0 fully saturated rings. The Balaban J connectivity index is 2.04. The van der Waals surface area contributed by atoms with Crippen LogP contribution in [0.1, 0.15) is 10.4 Å². The van der Waals surface area contributed by atoms with Crippen molar-refractivity contribution in [2.75, 3.05) is 24.3 Å². The van der Waals surface area contributed by atoms with Crippen molar-refractivity contribution in [3.8, 4) is 0 Å². The SMILES string of the molecule is COC(=O)c1ccc2c(c1)N(c1ccccc1)CCS2. The molecule has 0 amide bonds. The number of benzene rings is 2. The Morgan fingerprint density at radius 2 is 2.00 bits per heavy atom. The summed E-state index contributed by atoms with van der Waals surface area (Å²) in [6.07, 6.45) is 0. The average Bonchev–Trinajstić information content (AvgIpc) is 2.54. The van der Waals surface area contributed by atoms with Crippen molar-refractivity contribution in [2.24, 2.45) is 0 Å². The molecule has 0 aliphatic carbocycles. The number of thioether (sulfide) groups is 1. The zero-order valence-corrected chi connectivity index (χ0v) is 12.0. The fraction of sp³-hybridized carbons (Fsp3) is 0.188. The van der Waals surface area contributed by atoms with Crippen molar-refractivity contribution in [1.29, 1.82) is 0 Å². The van der Waals surface area contributed by atoms with Gasteiger partial charge in [-0.3, -0.25) is 0 Å². The van der Waals surface area contributed by atoms with E-state index < -0.39 is 0 Å². The molecule has 1 aliphatic heterocycles. The molecule has 0 aromatic heterocycles. The smallest absolute Gasteiger partial charge is 0.337 e. The highest BCUT2D eigenvalue weighted by molar-refractivity contribution is 7.99. The van der Waals surface area contributed by atoms with Crippen molar-refractivity contribution in [3.05, 3.63) is 54.1 Å².